The van der Waals surface area contributed by atoms with Gasteiger partial charge in [0.25, 0.3) is 0 Å². The smallest absolute Gasteiger partial charge is 0.472 e. The van der Waals surface area contributed by atoms with Gasteiger partial charge in [0.05, 0.1) is 24.5 Å². The summed E-state index contributed by atoms with van der Waals surface area (Å²) in [5.74, 6) is 0.00771. The van der Waals surface area contributed by atoms with E-state index in [0.29, 0.717) is 22.6 Å². The molecule has 2 aromatic carbocycles. The summed E-state index contributed by atoms with van der Waals surface area (Å²) in [7, 11) is -2.30. The highest BCUT2D eigenvalue weighted by Crippen LogP contribution is 2.20. The molecule has 1 unspecified atom stereocenters. The highest BCUT2D eigenvalue weighted by molar-refractivity contribution is 7.89. The monoisotopic (exact) mass is 530 g/mol. The molecule has 0 spiro atoms. The van der Waals surface area contributed by atoms with Crippen molar-refractivity contribution < 1.29 is 32.4 Å². The number of sulfonamides is 1. The van der Waals surface area contributed by atoms with E-state index in [1.54, 1.807) is 13.1 Å². The topological polar surface area (TPSA) is 128 Å². The molecule has 0 radical (unpaired) electrons. The number of nitrogen functional groups attached to an aromatic ring is 1. The molecule has 1 amide bonds. The first-order chi connectivity index (χ1) is 17.6. The van der Waals surface area contributed by atoms with Crippen LogP contribution in [0, 0.1) is 5.92 Å². The van der Waals surface area contributed by atoms with Crippen molar-refractivity contribution in [2.45, 2.75) is 43.9 Å². The lowest BCUT2D eigenvalue weighted by Gasteiger charge is -2.31. The van der Waals surface area contributed by atoms with E-state index in [1.807, 2.05) is 44.2 Å². The number of hydrogen-bond donors (Lipinski definition) is 3. The number of likely N-dealkylation sites (N-methyl/N-ethyl adjacent to an activating group) is 1. The molecule has 0 aliphatic rings. The first-order valence-electron chi connectivity index (χ1n) is 12.2. The van der Waals surface area contributed by atoms with Crippen molar-refractivity contribution in [3.63, 3.8) is 0 Å². The maximum atomic E-state index is 13.5. The highest BCUT2D eigenvalue weighted by atomic mass is 32.2. The van der Waals surface area contributed by atoms with Gasteiger partial charge in [-0.15, -0.1) is 0 Å². The number of aliphatic hydroxyl groups excluding tert-OH is 1. The summed E-state index contributed by atoms with van der Waals surface area (Å²) in [6, 6.07) is 16.4. The Balaban J connectivity index is 1.84. The largest absolute Gasteiger partial charge is 0.514 e. The molecule has 3 rings (SSSR count). The molecule has 200 valence electrons. The van der Waals surface area contributed by atoms with E-state index >= 15 is 0 Å². The van der Waals surface area contributed by atoms with E-state index in [2.05, 4.69) is 0 Å². The number of alkyl carbamates (subject to hydrolysis) is 2. The number of hydrogen-bond acceptors (Lipinski definition) is 7. The number of aliphatic hydroxyl groups is 1. The normalized spacial score (nSPS) is 14.4. The van der Waals surface area contributed by atoms with Gasteiger partial charge < -0.3 is 20.0 Å². The van der Waals surface area contributed by atoms with Crippen LogP contribution in [0.5, 0.6) is 0 Å². The van der Waals surface area contributed by atoms with E-state index in [9.17, 15) is 18.3 Å². The number of benzene rings is 2. The summed E-state index contributed by atoms with van der Waals surface area (Å²) in [6.45, 7) is 3.86. The maximum absolute atomic E-state index is 13.5. The van der Waals surface area contributed by atoms with E-state index in [1.165, 1.54) is 41.1 Å². The third-order valence-corrected chi connectivity index (χ3v) is 7.91. The van der Waals surface area contributed by atoms with E-state index in [0.717, 1.165) is 5.56 Å². The molecule has 4 N–H and O–H groups in total. The Morgan fingerprint density at radius 1 is 1.05 bits per heavy atom. The Morgan fingerprint density at radius 2 is 1.73 bits per heavy atom. The molecule has 0 saturated carbocycles. The molecule has 0 saturated heterocycles. The summed E-state index contributed by atoms with van der Waals surface area (Å²) < 4.78 is 38.7. The number of carbonyl (C=O) groups excluding carboxylic acids is 1. The minimum absolute atomic E-state index is 0.00771. The standard InChI is InChI=1S/C27H35N3O6S/c1-20(2)16-30(37(33,34)24-11-9-23(28)10-12-24)17-26(31)25(15-21-7-5-4-6-8-21)29(3)27(32)36-19-22-13-14-35-18-22/h4-14,18,20,25-26,31H,15-17,19,28H2,1-3H3/p+1/t25-,26+/m0/s1. The first kappa shape index (κ1) is 28.4. The van der Waals surface area contributed by atoms with E-state index in [4.69, 9.17) is 14.9 Å². The summed E-state index contributed by atoms with van der Waals surface area (Å²) in [6.07, 6.45) is 1.60. The number of amides is 1. The van der Waals surface area contributed by atoms with Gasteiger partial charge >= 0.3 is 6.09 Å². The third-order valence-electron chi connectivity index (χ3n) is 6.07. The lowest BCUT2D eigenvalue weighted by Crippen LogP contribution is -3.17. The first-order valence-corrected chi connectivity index (χ1v) is 13.6. The molecule has 37 heavy (non-hydrogen) atoms. The number of nitrogens with zero attached hydrogens (tertiary/aromatic N) is 1. The van der Waals surface area contributed by atoms with Gasteiger partial charge in [0.15, 0.2) is 0 Å². The number of carbonyl (C=O) groups is 1. The second-order valence-corrected chi connectivity index (χ2v) is 11.5. The van der Waals surface area contributed by atoms with Gasteiger partial charge in [0.1, 0.15) is 18.8 Å². The number of anilines is 1. The van der Waals surface area contributed by atoms with Crippen molar-refractivity contribution >= 4 is 21.8 Å². The molecule has 0 bridgehead atoms. The molecule has 10 heteroatoms. The van der Waals surface area contributed by atoms with Gasteiger partial charge in [-0.05, 0) is 41.8 Å². The van der Waals surface area contributed by atoms with Crippen molar-refractivity contribution in [3.8, 4) is 0 Å². The number of nitrogens with two attached hydrogens (primary N) is 1. The molecule has 3 atom stereocenters. The second-order valence-electron chi connectivity index (χ2n) is 9.54. The number of furan rings is 1. The van der Waals surface area contributed by atoms with Crippen LogP contribution >= 0.6 is 0 Å². The number of nitrogens with one attached hydrogen (secondary N) is 1. The van der Waals surface area contributed by atoms with Crippen LogP contribution in [0.2, 0.25) is 0 Å². The molecule has 0 aliphatic heterocycles. The summed E-state index contributed by atoms with van der Waals surface area (Å²) >= 11 is 0. The van der Waals surface area contributed by atoms with Crippen LogP contribution in [0.3, 0.4) is 0 Å². The lowest BCUT2D eigenvalue weighted by atomic mass is 10.00. The van der Waals surface area contributed by atoms with Crippen LogP contribution in [-0.2, 0) is 27.8 Å². The number of ether oxygens (including phenoxy) is 1. The van der Waals surface area contributed by atoms with Crippen LogP contribution < -0.4 is 10.6 Å². The predicted octanol–water partition coefficient (Wildman–Crippen LogP) is 2.33. The third kappa shape index (κ3) is 7.90. The number of rotatable bonds is 12. The summed E-state index contributed by atoms with van der Waals surface area (Å²) in [5.41, 5.74) is 7.81. The van der Waals surface area contributed by atoms with Crippen LogP contribution in [-0.4, -0.2) is 56.2 Å². The van der Waals surface area contributed by atoms with Gasteiger partial charge in [0, 0.05) is 30.8 Å². The predicted molar refractivity (Wildman–Crippen MR) is 140 cm³/mol. The summed E-state index contributed by atoms with van der Waals surface area (Å²) in [4.78, 5) is 13.3. The Bertz CT molecular complexity index is 1210. The fourth-order valence-electron chi connectivity index (χ4n) is 4.04. The Morgan fingerprint density at radius 3 is 2.32 bits per heavy atom. The maximum Gasteiger partial charge on any atom is 0.514 e. The summed E-state index contributed by atoms with van der Waals surface area (Å²) in [5, 5.41) is 11.4. The molecular formula is C27H36N3O6S+. The van der Waals surface area contributed by atoms with Crippen LogP contribution in [0.25, 0.3) is 0 Å². The van der Waals surface area contributed by atoms with Crippen LogP contribution in [0.15, 0.2) is 82.5 Å². The van der Waals surface area contributed by atoms with Crippen molar-refractivity contribution in [2.75, 3.05) is 25.9 Å². The van der Waals surface area contributed by atoms with Crippen molar-refractivity contribution in [3.05, 3.63) is 84.3 Å². The lowest BCUT2D eigenvalue weighted by molar-refractivity contribution is -0.835. The van der Waals surface area contributed by atoms with Crippen molar-refractivity contribution in [1.82, 2.24) is 4.31 Å². The van der Waals surface area contributed by atoms with Gasteiger partial charge in [-0.1, -0.05) is 44.2 Å². The average molecular weight is 531 g/mol. The molecule has 0 fully saturated rings. The second kappa shape index (κ2) is 12.9. The molecule has 1 heterocycles. The van der Waals surface area contributed by atoms with Crippen molar-refractivity contribution in [1.29, 1.82) is 0 Å². The van der Waals surface area contributed by atoms with Crippen molar-refractivity contribution in [2.24, 2.45) is 5.92 Å². The Labute approximate surface area is 218 Å². The minimum Gasteiger partial charge on any atom is -0.472 e. The average Bonchev–Trinajstić information content (AvgIpc) is 3.39. The van der Waals surface area contributed by atoms with E-state index in [-0.39, 0.29) is 30.5 Å². The minimum atomic E-state index is -3.92. The van der Waals surface area contributed by atoms with Gasteiger partial charge in [0.2, 0.25) is 10.0 Å². The van der Waals surface area contributed by atoms with E-state index < -0.39 is 28.3 Å². The zero-order valence-corrected chi connectivity index (χ0v) is 22.2. The zero-order valence-electron chi connectivity index (χ0n) is 21.4. The fraction of sp³-hybridized carbons (Fsp3) is 0.370. The Kier molecular flexibility index (Phi) is 9.87. The van der Waals surface area contributed by atoms with Gasteiger partial charge in [-0.2, -0.15) is 9.10 Å². The van der Waals surface area contributed by atoms with Gasteiger partial charge in [-0.25, -0.2) is 13.3 Å². The zero-order chi connectivity index (χ0) is 27.0. The Hall–Kier alpha value is -3.18. The quantitative estimate of drug-likeness (QED) is 0.307. The van der Waals surface area contributed by atoms with Crippen LogP contribution in [0.1, 0.15) is 25.0 Å². The molecule has 3 aromatic rings. The SMILES string of the molecule is CC(C)CN(C[C@@H](O)[C@H](Cc1ccccc1)[NH+](C)C(=O)OCc1ccoc1)S(=O)(=O)c1ccc(N)cc1. The highest BCUT2D eigenvalue weighted by Gasteiger charge is 2.37. The van der Waals surface area contributed by atoms with Gasteiger partial charge in [-0.3, -0.25) is 0 Å². The molecule has 9 nitrogen and oxygen atoms in total. The molecule has 1 aromatic heterocycles. The molecular weight excluding hydrogens is 494 g/mol. The number of quaternary nitrogens is 1. The van der Waals surface area contributed by atoms with Crippen LogP contribution in [0.4, 0.5) is 10.5 Å². The molecule has 0 aliphatic carbocycles. The fourth-order valence-corrected chi connectivity index (χ4v) is 5.66.